The molecule has 0 amide bonds. The summed E-state index contributed by atoms with van der Waals surface area (Å²) < 4.78 is 0. The molecule has 1 saturated carbocycles. The lowest BCUT2D eigenvalue weighted by Crippen LogP contribution is -2.30. The Labute approximate surface area is 106 Å². The first-order valence-corrected chi connectivity index (χ1v) is 6.17. The molecule has 4 heteroatoms. The predicted molar refractivity (Wildman–Crippen MR) is 69.4 cm³/mol. The van der Waals surface area contributed by atoms with Gasteiger partial charge in [0.2, 0.25) is 0 Å². The van der Waals surface area contributed by atoms with Gasteiger partial charge in [-0.1, -0.05) is 30.3 Å². The zero-order valence-electron chi connectivity index (χ0n) is 10.0. The smallest absolute Gasteiger partial charge is 0.0772 e. The molecule has 92 valence electrons. The normalized spacial score (nSPS) is 23.6. The number of nitrogens with two attached hydrogens (primary N) is 1. The molecule has 0 spiro atoms. The van der Waals surface area contributed by atoms with Gasteiger partial charge in [-0.15, -0.1) is 0 Å². The van der Waals surface area contributed by atoms with Crippen LogP contribution in [0.15, 0.2) is 48.9 Å². The van der Waals surface area contributed by atoms with Crippen LogP contribution in [0.1, 0.15) is 29.6 Å². The molecule has 4 nitrogen and oxygen atoms in total. The maximum Gasteiger partial charge on any atom is 0.0772 e. The number of aromatic nitrogens is 2. The van der Waals surface area contributed by atoms with Crippen LogP contribution in [0, 0.1) is 5.92 Å². The van der Waals surface area contributed by atoms with Crippen LogP contribution in [0.3, 0.4) is 0 Å². The van der Waals surface area contributed by atoms with Crippen LogP contribution >= 0.6 is 0 Å². The molecule has 2 aromatic rings. The maximum absolute atomic E-state index is 5.67. The van der Waals surface area contributed by atoms with E-state index in [-0.39, 0.29) is 6.04 Å². The average Bonchev–Trinajstić information content (AvgIpc) is 3.22. The second-order valence-corrected chi connectivity index (χ2v) is 4.69. The van der Waals surface area contributed by atoms with Crippen LogP contribution in [0.4, 0.5) is 0 Å². The lowest BCUT2D eigenvalue weighted by atomic mass is 10.0. The van der Waals surface area contributed by atoms with Crippen molar-refractivity contribution in [1.29, 1.82) is 0 Å². The third-order valence-electron chi connectivity index (χ3n) is 3.58. The first kappa shape index (κ1) is 11.3. The van der Waals surface area contributed by atoms with Crippen LogP contribution < -0.4 is 11.3 Å². The van der Waals surface area contributed by atoms with Gasteiger partial charge in [0, 0.05) is 12.4 Å². The summed E-state index contributed by atoms with van der Waals surface area (Å²) in [5, 5.41) is 0. The number of rotatable bonds is 4. The SMILES string of the molecule is NNC(c1cnccn1)C1CC1c1ccccc1. The van der Waals surface area contributed by atoms with Gasteiger partial charge >= 0.3 is 0 Å². The number of hydrogen-bond acceptors (Lipinski definition) is 4. The van der Waals surface area contributed by atoms with Crippen LogP contribution in [0.25, 0.3) is 0 Å². The van der Waals surface area contributed by atoms with Gasteiger partial charge in [-0.2, -0.15) is 0 Å². The Morgan fingerprint density at radius 1 is 1.22 bits per heavy atom. The van der Waals surface area contributed by atoms with Gasteiger partial charge in [0.15, 0.2) is 0 Å². The molecule has 0 aliphatic heterocycles. The minimum atomic E-state index is 0.0870. The highest BCUT2D eigenvalue weighted by Crippen LogP contribution is 2.53. The molecule has 0 saturated heterocycles. The van der Waals surface area contributed by atoms with E-state index < -0.39 is 0 Å². The number of nitrogens with zero attached hydrogens (tertiary/aromatic N) is 2. The summed E-state index contributed by atoms with van der Waals surface area (Å²) in [6.07, 6.45) is 6.32. The molecule has 3 unspecified atom stereocenters. The summed E-state index contributed by atoms with van der Waals surface area (Å²) in [4.78, 5) is 8.44. The van der Waals surface area contributed by atoms with E-state index in [0.29, 0.717) is 11.8 Å². The summed E-state index contributed by atoms with van der Waals surface area (Å²) in [7, 11) is 0. The first-order valence-electron chi connectivity index (χ1n) is 6.17. The quantitative estimate of drug-likeness (QED) is 0.631. The van der Waals surface area contributed by atoms with Crippen molar-refractivity contribution in [3.05, 3.63) is 60.2 Å². The van der Waals surface area contributed by atoms with Crippen molar-refractivity contribution in [3.63, 3.8) is 0 Å². The van der Waals surface area contributed by atoms with Gasteiger partial charge in [0.05, 0.1) is 17.9 Å². The highest BCUT2D eigenvalue weighted by molar-refractivity contribution is 5.28. The number of nitrogens with one attached hydrogen (secondary N) is 1. The van der Waals surface area contributed by atoms with E-state index in [1.807, 2.05) is 6.07 Å². The minimum Gasteiger partial charge on any atom is -0.271 e. The zero-order chi connectivity index (χ0) is 12.4. The second-order valence-electron chi connectivity index (χ2n) is 4.69. The van der Waals surface area contributed by atoms with Gasteiger partial charge in [0.1, 0.15) is 0 Å². The summed E-state index contributed by atoms with van der Waals surface area (Å²) in [6.45, 7) is 0. The molecule has 0 radical (unpaired) electrons. The van der Waals surface area contributed by atoms with Gasteiger partial charge in [-0.25, -0.2) is 0 Å². The van der Waals surface area contributed by atoms with Crippen molar-refractivity contribution < 1.29 is 0 Å². The Morgan fingerprint density at radius 3 is 2.72 bits per heavy atom. The number of hydrazine groups is 1. The molecule has 18 heavy (non-hydrogen) atoms. The Kier molecular flexibility index (Phi) is 3.04. The highest BCUT2D eigenvalue weighted by atomic mass is 15.2. The average molecular weight is 240 g/mol. The Morgan fingerprint density at radius 2 is 2.06 bits per heavy atom. The van der Waals surface area contributed by atoms with Crippen molar-refractivity contribution >= 4 is 0 Å². The maximum atomic E-state index is 5.67. The monoisotopic (exact) mass is 240 g/mol. The molecule has 1 aliphatic carbocycles. The van der Waals surface area contributed by atoms with Crippen LogP contribution in [-0.4, -0.2) is 9.97 Å². The fraction of sp³-hybridized carbons (Fsp3) is 0.286. The van der Waals surface area contributed by atoms with E-state index in [1.165, 1.54) is 5.56 Å². The molecule has 1 aromatic heterocycles. The standard InChI is InChI=1S/C14H16N4/c15-18-14(13-9-16-6-7-17-13)12-8-11(12)10-4-2-1-3-5-10/h1-7,9,11-12,14,18H,8,15H2. The summed E-state index contributed by atoms with van der Waals surface area (Å²) in [5.41, 5.74) is 5.18. The van der Waals surface area contributed by atoms with Gasteiger partial charge < -0.3 is 0 Å². The molecule has 1 aliphatic rings. The fourth-order valence-corrected chi connectivity index (χ4v) is 2.57. The minimum absolute atomic E-state index is 0.0870. The van der Waals surface area contributed by atoms with E-state index in [4.69, 9.17) is 5.84 Å². The molecule has 1 fully saturated rings. The van der Waals surface area contributed by atoms with Crippen molar-refractivity contribution in [2.24, 2.45) is 11.8 Å². The topological polar surface area (TPSA) is 63.8 Å². The van der Waals surface area contributed by atoms with E-state index >= 15 is 0 Å². The zero-order valence-corrected chi connectivity index (χ0v) is 10.0. The molecule has 3 N–H and O–H groups in total. The van der Waals surface area contributed by atoms with Crippen molar-refractivity contribution in [2.75, 3.05) is 0 Å². The summed E-state index contributed by atoms with van der Waals surface area (Å²) in [5.74, 6) is 6.75. The summed E-state index contributed by atoms with van der Waals surface area (Å²) in [6, 6.07) is 10.6. The Bertz CT molecular complexity index is 500. The summed E-state index contributed by atoms with van der Waals surface area (Å²) >= 11 is 0. The lowest BCUT2D eigenvalue weighted by molar-refractivity contribution is 0.474. The number of benzene rings is 1. The van der Waals surface area contributed by atoms with Crippen molar-refractivity contribution in [3.8, 4) is 0 Å². The lowest BCUT2D eigenvalue weighted by Gasteiger charge is -2.14. The molecule has 3 atom stereocenters. The van der Waals surface area contributed by atoms with Gasteiger partial charge in [0.25, 0.3) is 0 Å². The number of hydrogen-bond donors (Lipinski definition) is 2. The first-order chi connectivity index (χ1) is 8.90. The molecular weight excluding hydrogens is 224 g/mol. The predicted octanol–water partition coefficient (Wildman–Crippen LogP) is 1.78. The molecule has 0 bridgehead atoms. The molecule has 3 rings (SSSR count). The molecular formula is C14H16N4. The second kappa shape index (κ2) is 4.84. The van der Waals surface area contributed by atoms with Crippen molar-refractivity contribution in [1.82, 2.24) is 15.4 Å². The fourth-order valence-electron chi connectivity index (χ4n) is 2.57. The van der Waals surface area contributed by atoms with E-state index in [1.54, 1.807) is 18.6 Å². The van der Waals surface area contributed by atoms with Crippen LogP contribution in [-0.2, 0) is 0 Å². The van der Waals surface area contributed by atoms with E-state index in [2.05, 4.69) is 39.7 Å². The third kappa shape index (κ3) is 2.12. The van der Waals surface area contributed by atoms with Crippen LogP contribution in [0.5, 0.6) is 0 Å². The van der Waals surface area contributed by atoms with E-state index in [0.717, 1.165) is 12.1 Å². The van der Waals surface area contributed by atoms with Gasteiger partial charge in [-0.3, -0.25) is 21.2 Å². The van der Waals surface area contributed by atoms with Gasteiger partial charge in [-0.05, 0) is 23.8 Å². The van der Waals surface area contributed by atoms with Crippen LogP contribution in [0.2, 0.25) is 0 Å². The Balaban J connectivity index is 1.77. The highest BCUT2D eigenvalue weighted by Gasteiger charge is 2.44. The molecule has 1 aromatic carbocycles. The van der Waals surface area contributed by atoms with E-state index in [9.17, 15) is 0 Å². The third-order valence-corrected chi connectivity index (χ3v) is 3.58. The largest absolute Gasteiger partial charge is 0.271 e. The van der Waals surface area contributed by atoms with Crippen molar-refractivity contribution in [2.45, 2.75) is 18.4 Å². The molecule has 1 heterocycles. The Hall–Kier alpha value is -1.78.